The zero-order valence-electron chi connectivity index (χ0n) is 17.1. The van der Waals surface area contributed by atoms with E-state index in [4.69, 9.17) is 9.47 Å². The second kappa shape index (κ2) is 9.61. The Morgan fingerprint density at radius 3 is 2.27 bits per heavy atom. The second-order valence-electron chi connectivity index (χ2n) is 7.54. The summed E-state index contributed by atoms with van der Waals surface area (Å²) in [7, 11) is 0. The molecule has 2 aliphatic heterocycles. The molecule has 1 aromatic rings. The molecule has 0 aromatic heterocycles. The van der Waals surface area contributed by atoms with E-state index in [9.17, 15) is 24.9 Å². The number of aliphatic hydroxyl groups excluding tert-OH is 3. The molecule has 2 fully saturated rings. The Hall–Kier alpha value is -2.40. The molecular formula is C20H29N3O7. The summed E-state index contributed by atoms with van der Waals surface area (Å²) in [4.78, 5) is 26.9. The summed E-state index contributed by atoms with van der Waals surface area (Å²) in [5, 5.41) is 32.3. The van der Waals surface area contributed by atoms with Gasteiger partial charge in [0, 0.05) is 45.7 Å². The van der Waals surface area contributed by atoms with Crippen LogP contribution in [0.15, 0.2) is 24.3 Å². The zero-order chi connectivity index (χ0) is 21.8. The van der Waals surface area contributed by atoms with E-state index >= 15 is 0 Å². The molecule has 0 bridgehead atoms. The van der Waals surface area contributed by atoms with Crippen molar-refractivity contribution in [3.8, 4) is 5.75 Å². The highest BCUT2D eigenvalue weighted by Crippen LogP contribution is 2.26. The molecule has 3 rings (SSSR count). The molecule has 0 saturated carbocycles. The molecule has 2 heterocycles. The SMILES string of the molecule is CC(=O)N[C@@H]1[C@H](Oc2ccc(N3CCN(C(C)=O)CC3)cc2)O[C@H](CO)[C@H](O)[C@H]1O. The third-order valence-corrected chi connectivity index (χ3v) is 5.43. The molecule has 0 aliphatic carbocycles. The van der Waals surface area contributed by atoms with Gasteiger partial charge < -0.3 is 39.9 Å². The highest BCUT2D eigenvalue weighted by Gasteiger charge is 2.46. The first-order valence-corrected chi connectivity index (χ1v) is 9.97. The number of anilines is 1. The van der Waals surface area contributed by atoms with Gasteiger partial charge in [-0.3, -0.25) is 9.59 Å². The number of hydrogen-bond acceptors (Lipinski definition) is 8. The lowest BCUT2D eigenvalue weighted by Gasteiger charge is -2.42. The van der Waals surface area contributed by atoms with Crippen LogP contribution in [0.2, 0.25) is 0 Å². The Morgan fingerprint density at radius 1 is 1.10 bits per heavy atom. The standard InChI is InChI=1S/C20H29N3O7/c1-12(25)21-17-19(28)18(27)16(11-24)30-20(17)29-15-5-3-14(4-6-15)23-9-7-22(8-10-23)13(2)26/h3-6,16-20,24,27-28H,7-11H2,1-2H3,(H,21,25)/t16-,17+,18+,19+,20-/m1/s1. The molecule has 0 radical (unpaired) electrons. The molecule has 4 N–H and O–H groups in total. The molecule has 1 aromatic carbocycles. The van der Waals surface area contributed by atoms with Crippen molar-refractivity contribution >= 4 is 17.5 Å². The van der Waals surface area contributed by atoms with E-state index in [1.807, 2.05) is 17.0 Å². The number of benzene rings is 1. The van der Waals surface area contributed by atoms with E-state index in [0.29, 0.717) is 18.8 Å². The number of nitrogens with zero attached hydrogens (tertiary/aromatic N) is 2. The van der Waals surface area contributed by atoms with Crippen molar-refractivity contribution in [3.05, 3.63) is 24.3 Å². The molecule has 10 nitrogen and oxygen atoms in total. The molecule has 30 heavy (non-hydrogen) atoms. The van der Waals surface area contributed by atoms with Crippen LogP contribution in [0.3, 0.4) is 0 Å². The van der Waals surface area contributed by atoms with Gasteiger partial charge in [-0.2, -0.15) is 0 Å². The van der Waals surface area contributed by atoms with Crippen molar-refractivity contribution in [2.75, 3.05) is 37.7 Å². The summed E-state index contributed by atoms with van der Waals surface area (Å²) in [5.74, 6) is 0.112. The van der Waals surface area contributed by atoms with Crippen LogP contribution in [-0.2, 0) is 14.3 Å². The first kappa shape index (κ1) is 22.3. The van der Waals surface area contributed by atoms with Crippen LogP contribution in [0, 0.1) is 0 Å². The normalized spacial score (nSPS) is 29.4. The fourth-order valence-electron chi connectivity index (χ4n) is 3.72. The summed E-state index contributed by atoms with van der Waals surface area (Å²) in [6, 6.07) is 6.24. The predicted molar refractivity (Wildman–Crippen MR) is 107 cm³/mol. The minimum Gasteiger partial charge on any atom is -0.463 e. The van der Waals surface area contributed by atoms with Crippen molar-refractivity contribution in [1.29, 1.82) is 0 Å². The number of rotatable bonds is 5. The number of carbonyl (C=O) groups excluding carboxylic acids is 2. The quantitative estimate of drug-likeness (QED) is 0.459. The number of amides is 2. The van der Waals surface area contributed by atoms with Crippen molar-refractivity contribution in [1.82, 2.24) is 10.2 Å². The van der Waals surface area contributed by atoms with Gasteiger partial charge in [-0.25, -0.2) is 0 Å². The highest BCUT2D eigenvalue weighted by atomic mass is 16.7. The fraction of sp³-hybridized carbons (Fsp3) is 0.600. The monoisotopic (exact) mass is 423 g/mol. The van der Waals surface area contributed by atoms with E-state index < -0.39 is 43.2 Å². The number of nitrogens with one attached hydrogen (secondary N) is 1. The van der Waals surface area contributed by atoms with Crippen molar-refractivity contribution in [2.45, 2.75) is 44.5 Å². The highest BCUT2D eigenvalue weighted by molar-refractivity contribution is 5.74. The smallest absolute Gasteiger partial charge is 0.223 e. The van der Waals surface area contributed by atoms with Crippen LogP contribution in [0.25, 0.3) is 0 Å². The number of hydrogen-bond donors (Lipinski definition) is 4. The largest absolute Gasteiger partial charge is 0.463 e. The average Bonchev–Trinajstić information content (AvgIpc) is 2.73. The summed E-state index contributed by atoms with van der Waals surface area (Å²) < 4.78 is 11.4. The van der Waals surface area contributed by atoms with Gasteiger partial charge >= 0.3 is 0 Å². The molecular weight excluding hydrogens is 394 g/mol. The Kier molecular flexibility index (Phi) is 7.14. The maximum Gasteiger partial charge on any atom is 0.223 e. The van der Waals surface area contributed by atoms with Gasteiger partial charge in [0.2, 0.25) is 18.1 Å². The van der Waals surface area contributed by atoms with Gasteiger partial charge in [0.1, 0.15) is 30.1 Å². The summed E-state index contributed by atoms with van der Waals surface area (Å²) >= 11 is 0. The number of piperazine rings is 1. The minimum absolute atomic E-state index is 0.0769. The van der Waals surface area contributed by atoms with E-state index in [-0.39, 0.29) is 5.91 Å². The summed E-state index contributed by atoms with van der Waals surface area (Å²) in [6.07, 6.45) is -4.84. The van der Waals surface area contributed by atoms with Gasteiger partial charge in [0.15, 0.2) is 0 Å². The Bertz CT molecular complexity index is 736. The molecule has 2 amide bonds. The summed E-state index contributed by atoms with van der Waals surface area (Å²) in [6.45, 7) is 5.16. The number of carbonyl (C=O) groups is 2. The first-order chi connectivity index (χ1) is 14.3. The van der Waals surface area contributed by atoms with Crippen LogP contribution in [0.4, 0.5) is 5.69 Å². The molecule has 0 unspecified atom stereocenters. The molecule has 2 aliphatic rings. The first-order valence-electron chi connectivity index (χ1n) is 9.97. The van der Waals surface area contributed by atoms with Gasteiger partial charge in [0.05, 0.1) is 6.61 Å². The minimum atomic E-state index is -1.36. The Labute approximate surface area is 175 Å². The van der Waals surface area contributed by atoms with E-state index in [1.165, 1.54) is 6.92 Å². The second-order valence-corrected chi connectivity index (χ2v) is 7.54. The maximum absolute atomic E-state index is 11.5. The lowest BCUT2D eigenvalue weighted by molar-refractivity contribution is -0.244. The van der Waals surface area contributed by atoms with Crippen molar-refractivity contribution < 1.29 is 34.4 Å². The number of aliphatic hydroxyl groups is 3. The lowest BCUT2D eigenvalue weighted by Crippen LogP contribution is -2.65. The van der Waals surface area contributed by atoms with Gasteiger partial charge in [-0.05, 0) is 24.3 Å². The average molecular weight is 423 g/mol. The van der Waals surface area contributed by atoms with Gasteiger partial charge in [0.25, 0.3) is 0 Å². The van der Waals surface area contributed by atoms with Gasteiger partial charge in [-0.1, -0.05) is 0 Å². The summed E-state index contributed by atoms with van der Waals surface area (Å²) in [5.41, 5.74) is 0.984. The van der Waals surface area contributed by atoms with Gasteiger partial charge in [-0.15, -0.1) is 0 Å². The zero-order valence-corrected chi connectivity index (χ0v) is 17.1. The molecule has 2 saturated heterocycles. The molecule has 166 valence electrons. The maximum atomic E-state index is 11.5. The van der Waals surface area contributed by atoms with E-state index in [2.05, 4.69) is 10.2 Å². The topological polar surface area (TPSA) is 132 Å². The van der Waals surface area contributed by atoms with Crippen LogP contribution in [-0.4, -0.2) is 95.5 Å². The van der Waals surface area contributed by atoms with Crippen LogP contribution >= 0.6 is 0 Å². The molecule has 0 spiro atoms. The third kappa shape index (κ3) is 5.01. The number of ether oxygens (including phenoxy) is 2. The van der Waals surface area contributed by atoms with Crippen molar-refractivity contribution in [2.24, 2.45) is 0 Å². The van der Waals surface area contributed by atoms with Crippen molar-refractivity contribution in [3.63, 3.8) is 0 Å². The third-order valence-electron chi connectivity index (χ3n) is 5.43. The lowest BCUT2D eigenvalue weighted by atomic mass is 9.97. The Morgan fingerprint density at radius 2 is 1.73 bits per heavy atom. The molecule has 10 heteroatoms. The van der Waals surface area contributed by atoms with Crippen LogP contribution in [0.5, 0.6) is 5.75 Å². The van der Waals surface area contributed by atoms with Crippen LogP contribution in [0.1, 0.15) is 13.8 Å². The molecule has 5 atom stereocenters. The Balaban J connectivity index is 1.67. The predicted octanol–water partition coefficient (Wildman–Crippen LogP) is -1.32. The fourth-order valence-corrected chi connectivity index (χ4v) is 3.72. The van der Waals surface area contributed by atoms with E-state index in [1.54, 1.807) is 19.1 Å². The van der Waals surface area contributed by atoms with E-state index in [0.717, 1.165) is 18.8 Å². The van der Waals surface area contributed by atoms with Crippen LogP contribution < -0.4 is 15.0 Å².